The standard InChI is InChI=1S/C20H24N8.H2/c1-15-10-16(24-20-23-14-28(25-20)19-13-21-4-5-22-19)12-18(11-15)27-8-6-26(7-9-27)17-2-3-17;/h4-5,10-14,17H,2-3,6-9H2,1H3,(H,24,25);1H. The molecule has 0 unspecified atom stereocenters. The van der Waals surface area contributed by atoms with Gasteiger partial charge in [-0.1, -0.05) is 0 Å². The molecular weight excluding hydrogens is 352 g/mol. The molecule has 0 amide bonds. The first-order valence-electron chi connectivity index (χ1n) is 9.80. The first-order chi connectivity index (χ1) is 13.7. The van der Waals surface area contributed by atoms with Gasteiger partial charge in [0.25, 0.3) is 0 Å². The number of aryl methyl sites for hydroxylation is 1. The molecule has 1 saturated heterocycles. The Morgan fingerprint density at radius 3 is 2.64 bits per heavy atom. The lowest BCUT2D eigenvalue weighted by Crippen LogP contribution is -2.47. The molecule has 5 rings (SSSR count). The van der Waals surface area contributed by atoms with Gasteiger partial charge in [0.15, 0.2) is 5.82 Å². The van der Waals surface area contributed by atoms with Crippen molar-refractivity contribution in [3.8, 4) is 5.82 Å². The Hall–Kier alpha value is -3.00. The monoisotopic (exact) mass is 378 g/mol. The van der Waals surface area contributed by atoms with E-state index in [2.05, 4.69) is 60.3 Å². The zero-order valence-electron chi connectivity index (χ0n) is 16.0. The highest BCUT2D eigenvalue weighted by Gasteiger charge is 2.31. The average molecular weight is 378 g/mol. The van der Waals surface area contributed by atoms with Crippen molar-refractivity contribution in [2.24, 2.45) is 0 Å². The van der Waals surface area contributed by atoms with Crippen LogP contribution in [0.1, 0.15) is 19.8 Å². The molecule has 0 spiro atoms. The van der Waals surface area contributed by atoms with Gasteiger partial charge in [-0.3, -0.25) is 9.88 Å². The maximum absolute atomic E-state index is 4.46. The summed E-state index contributed by atoms with van der Waals surface area (Å²) >= 11 is 0. The molecule has 2 aromatic heterocycles. The van der Waals surface area contributed by atoms with Gasteiger partial charge in [0.2, 0.25) is 5.95 Å². The Balaban J connectivity index is 0.00000205. The lowest BCUT2D eigenvalue weighted by molar-refractivity contribution is 0.248. The molecule has 0 bridgehead atoms. The Morgan fingerprint density at radius 2 is 1.89 bits per heavy atom. The summed E-state index contributed by atoms with van der Waals surface area (Å²) in [6, 6.07) is 7.41. The maximum Gasteiger partial charge on any atom is 0.247 e. The molecule has 0 atom stereocenters. The van der Waals surface area contributed by atoms with Crippen LogP contribution in [-0.2, 0) is 0 Å². The van der Waals surface area contributed by atoms with Crippen LogP contribution in [0.3, 0.4) is 0 Å². The number of benzene rings is 1. The van der Waals surface area contributed by atoms with Gasteiger partial charge in [-0.05, 0) is 43.5 Å². The smallest absolute Gasteiger partial charge is 0.247 e. The van der Waals surface area contributed by atoms with E-state index in [1.165, 1.54) is 24.1 Å². The van der Waals surface area contributed by atoms with Crippen molar-refractivity contribution in [1.82, 2.24) is 29.6 Å². The van der Waals surface area contributed by atoms with E-state index in [9.17, 15) is 0 Å². The number of hydrogen-bond donors (Lipinski definition) is 1. The van der Waals surface area contributed by atoms with Crippen LogP contribution in [0.15, 0.2) is 43.1 Å². The summed E-state index contributed by atoms with van der Waals surface area (Å²) in [5.74, 6) is 1.18. The molecule has 3 heterocycles. The van der Waals surface area contributed by atoms with E-state index in [-0.39, 0.29) is 1.43 Å². The minimum atomic E-state index is 0. The second-order valence-corrected chi connectivity index (χ2v) is 7.51. The quantitative estimate of drug-likeness (QED) is 0.731. The van der Waals surface area contributed by atoms with Gasteiger partial charge in [0, 0.05) is 57.4 Å². The van der Waals surface area contributed by atoms with Gasteiger partial charge in [-0.25, -0.2) is 4.98 Å². The second-order valence-electron chi connectivity index (χ2n) is 7.51. The molecule has 8 nitrogen and oxygen atoms in total. The maximum atomic E-state index is 4.46. The molecule has 2 aliphatic rings. The zero-order valence-corrected chi connectivity index (χ0v) is 16.0. The third-order valence-electron chi connectivity index (χ3n) is 5.34. The number of nitrogens with one attached hydrogen (secondary N) is 1. The van der Waals surface area contributed by atoms with E-state index in [1.54, 1.807) is 29.6 Å². The lowest BCUT2D eigenvalue weighted by atomic mass is 10.1. The van der Waals surface area contributed by atoms with Gasteiger partial charge >= 0.3 is 0 Å². The third kappa shape index (κ3) is 3.68. The van der Waals surface area contributed by atoms with Gasteiger partial charge in [-0.15, -0.1) is 5.10 Å². The summed E-state index contributed by atoms with van der Waals surface area (Å²) in [5.41, 5.74) is 3.47. The van der Waals surface area contributed by atoms with Crippen molar-refractivity contribution in [2.45, 2.75) is 25.8 Å². The molecule has 28 heavy (non-hydrogen) atoms. The summed E-state index contributed by atoms with van der Waals surface area (Å²) in [6.07, 6.45) is 9.34. The van der Waals surface area contributed by atoms with Crippen LogP contribution in [0, 0.1) is 6.92 Å². The van der Waals surface area contributed by atoms with E-state index in [4.69, 9.17) is 0 Å². The fraction of sp³-hybridized carbons (Fsp3) is 0.400. The highest BCUT2D eigenvalue weighted by molar-refractivity contribution is 5.64. The molecule has 146 valence electrons. The minimum Gasteiger partial charge on any atom is -0.369 e. The van der Waals surface area contributed by atoms with Crippen molar-refractivity contribution in [3.05, 3.63) is 48.7 Å². The molecule has 1 aliphatic heterocycles. The fourth-order valence-electron chi connectivity index (χ4n) is 3.77. The molecule has 1 aliphatic carbocycles. The number of anilines is 3. The van der Waals surface area contributed by atoms with E-state index in [0.717, 1.165) is 37.9 Å². The highest BCUT2D eigenvalue weighted by atomic mass is 15.4. The predicted octanol–water partition coefficient (Wildman–Crippen LogP) is 2.64. The Kier molecular flexibility index (Phi) is 4.40. The molecule has 3 aromatic rings. The van der Waals surface area contributed by atoms with E-state index in [0.29, 0.717) is 11.8 Å². The van der Waals surface area contributed by atoms with Gasteiger partial charge in [0.05, 0.1) is 6.20 Å². The molecule has 2 fully saturated rings. The van der Waals surface area contributed by atoms with Crippen LogP contribution in [0.5, 0.6) is 0 Å². The van der Waals surface area contributed by atoms with Crippen molar-refractivity contribution in [2.75, 3.05) is 36.4 Å². The summed E-state index contributed by atoms with van der Waals surface area (Å²) in [7, 11) is 0. The molecule has 1 N–H and O–H groups in total. The van der Waals surface area contributed by atoms with E-state index >= 15 is 0 Å². The molecule has 8 heteroatoms. The Bertz CT molecular complexity index is 948. The second kappa shape index (κ2) is 7.20. The van der Waals surface area contributed by atoms with Crippen LogP contribution >= 0.6 is 0 Å². The molecule has 0 radical (unpaired) electrons. The number of rotatable bonds is 5. The van der Waals surface area contributed by atoms with Crippen molar-refractivity contribution in [1.29, 1.82) is 0 Å². The molecule has 1 aromatic carbocycles. The summed E-state index contributed by atoms with van der Waals surface area (Å²) in [5, 5.41) is 7.78. The van der Waals surface area contributed by atoms with Crippen molar-refractivity contribution < 1.29 is 1.43 Å². The van der Waals surface area contributed by atoms with Gasteiger partial charge in [-0.2, -0.15) is 9.67 Å². The van der Waals surface area contributed by atoms with Crippen molar-refractivity contribution >= 4 is 17.3 Å². The summed E-state index contributed by atoms with van der Waals surface area (Å²) in [6.45, 7) is 6.61. The number of hydrogen-bond acceptors (Lipinski definition) is 7. The first kappa shape index (κ1) is 17.1. The largest absolute Gasteiger partial charge is 0.369 e. The van der Waals surface area contributed by atoms with Crippen LogP contribution in [-0.4, -0.2) is 61.9 Å². The number of aromatic nitrogens is 5. The highest BCUT2D eigenvalue weighted by Crippen LogP contribution is 2.30. The minimum absolute atomic E-state index is 0. The topological polar surface area (TPSA) is 75.0 Å². The zero-order chi connectivity index (χ0) is 18.9. The van der Waals surface area contributed by atoms with E-state index < -0.39 is 0 Å². The van der Waals surface area contributed by atoms with Gasteiger partial charge < -0.3 is 10.2 Å². The molecular formula is C20H26N8. The molecule has 1 saturated carbocycles. The van der Waals surface area contributed by atoms with Crippen LogP contribution in [0.25, 0.3) is 5.82 Å². The summed E-state index contributed by atoms with van der Waals surface area (Å²) in [4.78, 5) is 17.8. The predicted molar refractivity (Wildman–Crippen MR) is 110 cm³/mol. The SMILES string of the molecule is Cc1cc(Nc2ncn(-c3cnccn3)n2)cc(N2CCN(C3CC3)CC2)c1.[HH]. The van der Waals surface area contributed by atoms with E-state index in [1.807, 2.05) is 0 Å². The first-order valence-corrected chi connectivity index (χ1v) is 9.80. The van der Waals surface area contributed by atoms with Crippen molar-refractivity contribution in [3.63, 3.8) is 0 Å². The number of nitrogens with zero attached hydrogens (tertiary/aromatic N) is 7. The number of piperazine rings is 1. The Labute approximate surface area is 165 Å². The Morgan fingerprint density at radius 1 is 1.04 bits per heavy atom. The average Bonchev–Trinajstić information content (AvgIpc) is 3.47. The van der Waals surface area contributed by atoms with Crippen LogP contribution in [0.2, 0.25) is 0 Å². The fourth-order valence-corrected chi connectivity index (χ4v) is 3.77. The van der Waals surface area contributed by atoms with Crippen LogP contribution < -0.4 is 10.2 Å². The van der Waals surface area contributed by atoms with Gasteiger partial charge in [0.1, 0.15) is 6.33 Å². The normalized spacial score (nSPS) is 17.7. The third-order valence-corrected chi connectivity index (χ3v) is 5.34. The summed E-state index contributed by atoms with van der Waals surface area (Å²) < 4.78 is 1.61. The lowest BCUT2D eigenvalue weighted by Gasteiger charge is -2.36. The van der Waals surface area contributed by atoms with Crippen LogP contribution in [0.4, 0.5) is 17.3 Å².